The Kier molecular flexibility index (Phi) is 10.0. The van der Waals surface area contributed by atoms with Crippen molar-refractivity contribution in [2.75, 3.05) is 13.2 Å². The normalized spacial score (nSPS) is 14.5. The topological polar surface area (TPSA) is 104 Å². The Morgan fingerprint density at radius 1 is 1.33 bits per heavy atom. The molecule has 0 atom stereocenters. The van der Waals surface area contributed by atoms with Gasteiger partial charge in [0.15, 0.2) is 5.82 Å². The van der Waals surface area contributed by atoms with E-state index in [0.29, 0.717) is 48.8 Å². The number of halogens is 1. The van der Waals surface area contributed by atoms with Crippen LogP contribution in [0.5, 0.6) is 5.75 Å². The summed E-state index contributed by atoms with van der Waals surface area (Å²) in [6.07, 6.45) is 7.93. The molecular weight excluding hydrogens is 442 g/mol. The van der Waals surface area contributed by atoms with Gasteiger partial charge in [0, 0.05) is 19.6 Å². The van der Waals surface area contributed by atoms with Gasteiger partial charge in [-0.3, -0.25) is 0 Å². The molecule has 1 saturated carbocycles. The number of aromatic nitrogens is 2. The first-order chi connectivity index (χ1) is 16.0. The zero-order valence-electron chi connectivity index (χ0n) is 19.3. The molecule has 33 heavy (non-hydrogen) atoms. The molecule has 0 spiro atoms. The number of benzene rings is 1. The lowest BCUT2D eigenvalue weighted by Gasteiger charge is -2.12. The predicted molar refractivity (Wildman–Crippen MR) is 130 cm³/mol. The molecule has 0 radical (unpaired) electrons. The van der Waals surface area contributed by atoms with Crippen molar-refractivity contribution in [2.24, 2.45) is 16.6 Å². The summed E-state index contributed by atoms with van der Waals surface area (Å²) in [7, 11) is 0. The summed E-state index contributed by atoms with van der Waals surface area (Å²) in [4.78, 5) is 20.6. The third-order valence-corrected chi connectivity index (χ3v) is 5.74. The Bertz CT molecular complexity index is 921. The van der Waals surface area contributed by atoms with Crippen LogP contribution in [0, 0.1) is 5.92 Å². The zero-order valence-corrected chi connectivity index (χ0v) is 20.0. The number of ether oxygens (including phenoxy) is 2. The van der Waals surface area contributed by atoms with Crippen molar-refractivity contribution >= 4 is 28.7 Å². The molecule has 3 rings (SSSR count). The standard InChI is InChI=1S/C24H34ClN5O3/c1-18(25)29-23-22(14-26)28-17-30(23)11-4-5-12-32-24(31)27-15-20-9-6-10-21(13-20)33-16-19-7-2-3-8-19/h6,9-10,13,17,19H,2-5,7-8,11-12,14-16,26H2,1H3,(H,27,31)/b29-18+. The minimum atomic E-state index is -0.427. The van der Waals surface area contributed by atoms with Gasteiger partial charge in [-0.1, -0.05) is 36.6 Å². The van der Waals surface area contributed by atoms with Gasteiger partial charge in [0.1, 0.15) is 10.9 Å². The first kappa shape index (κ1) is 25.1. The van der Waals surface area contributed by atoms with Crippen LogP contribution < -0.4 is 15.8 Å². The molecule has 1 heterocycles. The fraction of sp³-hybridized carbons (Fsp3) is 0.542. The average Bonchev–Trinajstić information content (AvgIpc) is 3.46. The summed E-state index contributed by atoms with van der Waals surface area (Å²) in [6.45, 7) is 4.21. The lowest BCUT2D eigenvalue weighted by molar-refractivity contribution is 0.143. The third kappa shape index (κ3) is 8.37. The molecular formula is C24H34ClN5O3. The van der Waals surface area contributed by atoms with Crippen LogP contribution in [0.15, 0.2) is 35.6 Å². The molecule has 1 fully saturated rings. The van der Waals surface area contributed by atoms with Crippen molar-refractivity contribution in [3.05, 3.63) is 41.9 Å². The van der Waals surface area contributed by atoms with Crippen molar-refractivity contribution in [1.82, 2.24) is 14.9 Å². The van der Waals surface area contributed by atoms with E-state index in [-0.39, 0.29) is 0 Å². The molecule has 8 nitrogen and oxygen atoms in total. The van der Waals surface area contributed by atoms with Gasteiger partial charge < -0.3 is 25.1 Å². The summed E-state index contributed by atoms with van der Waals surface area (Å²) < 4.78 is 13.1. The highest BCUT2D eigenvalue weighted by Gasteiger charge is 2.15. The van der Waals surface area contributed by atoms with Crippen LogP contribution in [0.3, 0.4) is 0 Å². The molecule has 1 aromatic carbocycles. The second-order valence-corrected chi connectivity index (χ2v) is 8.87. The summed E-state index contributed by atoms with van der Waals surface area (Å²) >= 11 is 5.91. The number of carbonyl (C=O) groups is 1. The number of rotatable bonds is 12. The molecule has 0 saturated heterocycles. The molecule has 1 aliphatic rings. The quantitative estimate of drug-likeness (QED) is 0.335. The van der Waals surface area contributed by atoms with Crippen LogP contribution in [0.1, 0.15) is 56.7 Å². The minimum absolute atomic E-state index is 0.300. The monoisotopic (exact) mass is 475 g/mol. The maximum absolute atomic E-state index is 12.0. The molecule has 3 N–H and O–H groups in total. The summed E-state index contributed by atoms with van der Waals surface area (Å²) in [5, 5.41) is 3.22. The van der Waals surface area contributed by atoms with E-state index < -0.39 is 6.09 Å². The lowest BCUT2D eigenvalue weighted by atomic mass is 10.1. The molecule has 9 heteroatoms. The van der Waals surface area contributed by atoms with Gasteiger partial charge >= 0.3 is 6.09 Å². The van der Waals surface area contributed by atoms with E-state index in [4.69, 9.17) is 26.8 Å². The maximum atomic E-state index is 12.0. The number of hydrogen-bond acceptors (Lipinski definition) is 6. The number of hydrogen-bond donors (Lipinski definition) is 2. The summed E-state index contributed by atoms with van der Waals surface area (Å²) in [5.74, 6) is 2.19. The fourth-order valence-corrected chi connectivity index (χ4v) is 3.99. The summed E-state index contributed by atoms with van der Waals surface area (Å²) in [6, 6.07) is 7.84. The number of imidazole rings is 1. The second-order valence-electron chi connectivity index (χ2n) is 8.33. The Balaban J connectivity index is 1.33. The van der Waals surface area contributed by atoms with E-state index in [1.807, 2.05) is 28.8 Å². The Hall–Kier alpha value is -2.58. The highest BCUT2D eigenvalue weighted by atomic mass is 35.5. The number of nitrogens with two attached hydrogens (primary N) is 1. The Morgan fingerprint density at radius 2 is 2.15 bits per heavy atom. The maximum Gasteiger partial charge on any atom is 0.407 e. The molecule has 1 aliphatic carbocycles. The van der Waals surface area contributed by atoms with Crippen molar-refractivity contribution < 1.29 is 14.3 Å². The molecule has 0 aliphatic heterocycles. The molecule has 0 unspecified atom stereocenters. The van der Waals surface area contributed by atoms with Crippen molar-refractivity contribution in [1.29, 1.82) is 0 Å². The fourth-order valence-electron chi connectivity index (χ4n) is 3.91. The van der Waals surface area contributed by atoms with Gasteiger partial charge in [0.25, 0.3) is 0 Å². The average molecular weight is 476 g/mol. The van der Waals surface area contributed by atoms with E-state index in [0.717, 1.165) is 30.8 Å². The van der Waals surface area contributed by atoms with E-state index in [9.17, 15) is 4.79 Å². The first-order valence-corrected chi connectivity index (χ1v) is 12.0. The van der Waals surface area contributed by atoms with Crippen LogP contribution in [0.4, 0.5) is 10.6 Å². The van der Waals surface area contributed by atoms with Crippen LogP contribution in [-0.4, -0.2) is 34.0 Å². The van der Waals surface area contributed by atoms with Crippen molar-refractivity contribution in [2.45, 2.75) is 65.1 Å². The molecule has 1 aromatic heterocycles. The molecule has 0 bridgehead atoms. The smallest absolute Gasteiger partial charge is 0.407 e. The molecule has 2 aromatic rings. The number of alkyl carbamates (subject to hydrolysis) is 1. The number of nitrogens with one attached hydrogen (secondary N) is 1. The number of nitrogens with zero attached hydrogens (tertiary/aromatic N) is 3. The Labute approximate surface area is 200 Å². The third-order valence-electron chi connectivity index (χ3n) is 5.66. The Morgan fingerprint density at radius 3 is 2.91 bits per heavy atom. The van der Waals surface area contributed by atoms with Crippen LogP contribution in [0.2, 0.25) is 0 Å². The zero-order chi connectivity index (χ0) is 23.5. The van der Waals surface area contributed by atoms with Crippen LogP contribution >= 0.6 is 11.6 Å². The first-order valence-electron chi connectivity index (χ1n) is 11.6. The highest BCUT2D eigenvalue weighted by molar-refractivity contribution is 6.65. The van der Waals surface area contributed by atoms with Crippen LogP contribution in [0.25, 0.3) is 0 Å². The van der Waals surface area contributed by atoms with E-state index in [1.165, 1.54) is 25.7 Å². The van der Waals surface area contributed by atoms with Gasteiger partial charge in [-0.2, -0.15) is 0 Å². The highest BCUT2D eigenvalue weighted by Crippen LogP contribution is 2.26. The number of aryl methyl sites for hydroxylation is 1. The predicted octanol–water partition coefficient (Wildman–Crippen LogP) is 4.91. The van der Waals surface area contributed by atoms with E-state index in [2.05, 4.69) is 15.3 Å². The molecule has 1 amide bonds. The van der Waals surface area contributed by atoms with Crippen LogP contribution in [-0.2, 0) is 24.4 Å². The van der Waals surface area contributed by atoms with Gasteiger partial charge in [-0.05, 0) is 56.2 Å². The van der Waals surface area contributed by atoms with Gasteiger partial charge in [0.05, 0.1) is 25.2 Å². The van der Waals surface area contributed by atoms with E-state index >= 15 is 0 Å². The molecule has 180 valence electrons. The summed E-state index contributed by atoms with van der Waals surface area (Å²) in [5.41, 5.74) is 7.40. The lowest BCUT2D eigenvalue weighted by Crippen LogP contribution is -2.24. The van der Waals surface area contributed by atoms with Gasteiger partial charge in [0.2, 0.25) is 0 Å². The number of unbranched alkanes of at least 4 members (excludes halogenated alkanes) is 1. The number of aliphatic imine (C=N–C) groups is 1. The largest absolute Gasteiger partial charge is 0.493 e. The minimum Gasteiger partial charge on any atom is -0.493 e. The van der Waals surface area contributed by atoms with Gasteiger partial charge in [-0.15, -0.1) is 0 Å². The SMILES string of the molecule is C/C(Cl)=N\c1c(CN)ncn1CCCCOC(=O)NCc1cccc(OCC2CCCC2)c1. The van der Waals surface area contributed by atoms with Gasteiger partial charge in [-0.25, -0.2) is 14.8 Å². The van der Waals surface area contributed by atoms with Crippen molar-refractivity contribution in [3.8, 4) is 5.75 Å². The number of carbonyl (C=O) groups excluding carboxylic acids is 1. The number of amides is 1. The second kappa shape index (κ2) is 13.2. The van der Waals surface area contributed by atoms with E-state index in [1.54, 1.807) is 13.3 Å². The van der Waals surface area contributed by atoms with Crippen molar-refractivity contribution in [3.63, 3.8) is 0 Å².